The van der Waals surface area contributed by atoms with E-state index in [1.807, 2.05) is 12.2 Å². The summed E-state index contributed by atoms with van der Waals surface area (Å²) in [5, 5.41) is 14.0. The summed E-state index contributed by atoms with van der Waals surface area (Å²) < 4.78 is 0. The van der Waals surface area contributed by atoms with E-state index in [0.29, 0.717) is 12.0 Å². The SMILES string of the molecule is C=CC1(C=C)CC1C(O)C(=C)CC1CNC(CC)C1. The fraction of sp³-hybridized carbons (Fsp3) is 0.647. The predicted octanol–water partition coefficient (Wildman–Crippen LogP) is 3.06. The molecule has 1 aliphatic heterocycles. The van der Waals surface area contributed by atoms with E-state index in [9.17, 15) is 5.11 Å². The van der Waals surface area contributed by atoms with E-state index < -0.39 is 6.10 Å². The van der Waals surface area contributed by atoms with E-state index in [1.54, 1.807) is 0 Å². The summed E-state index contributed by atoms with van der Waals surface area (Å²) in [6.45, 7) is 15.1. The maximum atomic E-state index is 10.4. The Morgan fingerprint density at radius 1 is 1.47 bits per heavy atom. The Kier molecular flexibility index (Phi) is 4.32. The second-order valence-corrected chi connectivity index (χ2v) is 6.25. The van der Waals surface area contributed by atoms with E-state index >= 15 is 0 Å². The molecule has 2 heteroatoms. The minimum absolute atomic E-state index is 0.0533. The predicted molar refractivity (Wildman–Crippen MR) is 80.9 cm³/mol. The third-order valence-corrected chi connectivity index (χ3v) is 5.02. The van der Waals surface area contributed by atoms with Crippen molar-refractivity contribution in [1.29, 1.82) is 0 Å². The highest BCUT2D eigenvalue weighted by atomic mass is 16.3. The number of aliphatic hydroxyl groups excluding tert-OH is 1. The van der Waals surface area contributed by atoms with Gasteiger partial charge >= 0.3 is 0 Å². The first-order chi connectivity index (χ1) is 9.06. The van der Waals surface area contributed by atoms with Crippen molar-refractivity contribution in [3.05, 3.63) is 37.5 Å². The molecule has 0 bridgehead atoms. The number of hydrogen-bond donors (Lipinski definition) is 2. The van der Waals surface area contributed by atoms with Crippen LogP contribution in [0.1, 0.15) is 32.6 Å². The molecule has 4 unspecified atom stereocenters. The van der Waals surface area contributed by atoms with Crippen LogP contribution in [0.2, 0.25) is 0 Å². The molecule has 1 saturated carbocycles. The highest BCUT2D eigenvalue weighted by molar-refractivity contribution is 5.27. The van der Waals surface area contributed by atoms with Gasteiger partial charge in [0.2, 0.25) is 0 Å². The minimum Gasteiger partial charge on any atom is -0.388 e. The molecule has 1 heterocycles. The zero-order valence-corrected chi connectivity index (χ0v) is 12.1. The molecule has 2 nitrogen and oxygen atoms in total. The lowest BCUT2D eigenvalue weighted by Gasteiger charge is -2.19. The molecule has 0 aromatic heterocycles. The Balaban J connectivity index is 1.84. The third kappa shape index (κ3) is 2.85. The monoisotopic (exact) mass is 261 g/mol. The van der Waals surface area contributed by atoms with Crippen LogP contribution < -0.4 is 5.32 Å². The molecule has 0 radical (unpaired) electrons. The second kappa shape index (κ2) is 5.64. The quantitative estimate of drug-likeness (QED) is 0.690. The van der Waals surface area contributed by atoms with Gasteiger partial charge < -0.3 is 10.4 Å². The normalized spacial score (nSPS) is 33.7. The number of rotatable bonds is 7. The van der Waals surface area contributed by atoms with Gasteiger partial charge in [0.1, 0.15) is 0 Å². The van der Waals surface area contributed by atoms with Crippen LogP contribution in [-0.4, -0.2) is 23.8 Å². The molecule has 106 valence electrons. The fourth-order valence-electron chi connectivity index (χ4n) is 3.43. The number of aliphatic hydroxyl groups is 1. The van der Waals surface area contributed by atoms with Crippen molar-refractivity contribution < 1.29 is 5.11 Å². The minimum atomic E-state index is -0.406. The number of hydrogen-bond acceptors (Lipinski definition) is 2. The molecule has 2 aliphatic rings. The van der Waals surface area contributed by atoms with Crippen molar-refractivity contribution in [3.63, 3.8) is 0 Å². The Labute approximate surface area is 117 Å². The summed E-state index contributed by atoms with van der Waals surface area (Å²) in [5.41, 5.74) is 0.932. The van der Waals surface area contributed by atoms with Crippen molar-refractivity contribution in [2.45, 2.75) is 44.8 Å². The van der Waals surface area contributed by atoms with Crippen molar-refractivity contribution in [3.8, 4) is 0 Å². The van der Waals surface area contributed by atoms with Gasteiger partial charge in [-0.2, -0.15) is 0 Å². The van der Waals surface area contributed by atoms with Crippen LogP contribution in [0.3, 0.4) is 0 Å². The zero-order chi connectivity index (χ0) is 14.0. The van der Waals surface area contributed by atoms with Gasteiger partial charge in [-0.1, -0.05) is 25.7 Å². The van der Waals surface area contributed by atoms with Gasteiger partial charge in [-0.05, 0) is 43.7 Å². The molecule has 0 spiro atoms. The van der Waals surface area contributed by atoms with Crippen molar-refractivity contribution >= 4 is 0 Å². The highest BCUT2D eigenvalue weighted by Crippen LogP contribution is 2.57. The smallest absolute Gasteiger partial charge is 0.0787 e. The standard InChI is InChI=1S/C17H27NO/c1-5-14-9-13(11-18-14)8-12(4)16(19)15-10-17(15,6-2)7-3/h6-7,13-16,18-19H,2-5,8-11H2,1H3. The van der Waals surface area contributed by atoms with Gasteiger partial charge in [0.05, 0.1) is 6.10 Å². The van der Waals surface area contributed by atoms with Crippen molar-refractivity contribution in [2.24, 2.45) is 17.3 Å². The van der Waals surface area contributed by atoms with Crippen LogP contribution in [0.5, 0.6) is 0 Å². The molecule has 2 rings (SSSR count). The molecule has 2 N–H and O–H groups in total. The average Bonchev–Trinajstić information content (AvgIpc) is 3.00. The Morgan fingerprint density at radius 2 is 2.16 bits per heavy atom. The molecule has 2 fully saturated rings. The van der Waals surface area contributed by atoms with Gasteiger partial charge in [-0.3, -0.25) is 0 Å². The molecular formula is C17H27NO. The Morgan fingerprint density at radius 3 is 2.63 bits per heavy atom. The molecule has 0 aromatic carbocycles. The van der Waals surface area contributed by atoms with Gasteiger partial charge in [0.25, 0.3) is 0 Å². The lowest BCUT2D eigenvalue weighted by atomic mass is 9.90. The molecule has 4 atom stereocenters. The van der Waals surface area contributed by atoms with Crippen molar-refractivity contribution in [1.82, 2.24) is 5.32 Å². The van der Waals surface area contributed by atoms with Crippen LogP contribution >= 0.6 is 0 Å². The van der Waals surface area contributed by atoms with Crippen LogP contribution in [0.25, 0.3) is 0 Å². The lowest BCUT2D eigenvalue weighted by Crippen LogP contribution is -2.20. The van der Waals surface area contributed by atoms with Crippen LogP contribution in [0.4, 0.5) is 0 Å². The fourth-order valence-corrected chi connectivity index (χ4v) is 3.43. The maximum absolute atomic E-state index is 10.4. The summed E-state index contributed by atoms with van der Waals surface area (Å²) in [6, 6.07) is 0.649. The van der Waals surface area contributed by atoms with Gasteiger partial charge in [0.15, 0.2) is 0 Å². The number of allylic oxidation sites excluding steroid dienone is 2. The molecule has 1 aliphatic carbocycles. The van der Waals surface area contributed by atoms with Crippen LogP contribution in [-0.2, 0) is 0 Å². The zero-order valence-electron chi connectivity index (χ0n) is 12.1. The maximum Gasteiger partial charge on any atom is 0.0787 e. The molecule has 19 heavy (non-hydrogen) atoms. The first-order valence-electron chi connectivity index (χ1n) is 7.42. The summed E-state index contributed by atoms with van der Waals surface area (Å²) >= 11 is 0. The first-order valence-corrected chi connectivity index (χ1v) is 7.42. The molecule has 1 saturated heterocycles. The molecular weight excluding hydrogens is 234 g/mol. The van der Waals surface area contributed by atoms with E-state index in [4.69, 9.17) is 0 Å². The molecule has 0 aromatic rings. The summed E-state index contributed by atoms with van der Waals surface area (Å²) in [4.78, 5) is 0. The summed E-state index contributed by atoms with van der Waals surface area (Å²) in [5.74, 6) is 0.874. The topological polar surface area (TPSA) is 32.3 Å². The largest absolute Gasteiger partial charge is 0.388 e. The van der Waals surface area contributed by atoms with Gasteiger partial charge in [-0.25, -0.2) is 0 Å². The van der Waals surface area contributed by atoms with Crippen LogP contribution in [0.15, 0.2) is 37.5 Å². The number of nitrogens with one attached hydrogen (secondary N) is 1. The summed E-state index contributed by atoms with van der Waals surface area (Å²) in [6.07, 6.45) is 7.73. The Hall–Kier alpha value is -0.860. The van der Waals surface area contributed by atoms with Gasteiger partial charge in [0, 0.05) is 17.4 Å². The first kappa shape index (κ1) is 14.5. The molecule has 0 amide bonds. The van der Waals surface area contributed by atoms with Crippen LogP contribution in [0, 0.1) is 17.3 Å². The van der Waals surface area contributed by atoms with E-state index in [1.165, 1.54) is 12.8 Å². The Bertz CT molecular complexity index is 365. The van der Waals surface area contributed by atoms with E-state index in [-0.39, 0.29) is 11.3 Å². The lowest BCUT2D eigenvalue weighted by molar-refractivity contribution is 0.171. The average molecular weight is 261 g/mol. The van der Waals surface area contributed by atoms with E-state index in [0.717, 1.165) is 25.0 Å². The van der Waals surface area contributed by atoms with Crippen molar-refractivity contribution in [2.75, 3.05) is 6.54 Å². The second-order valence-electron chi connectivity index (χ2n) is 6.25. The third-order valence-electron chi connectivity index (χ3n) is 5.02. The summed E-state index contributed by atoms with van der Waals surface area (Å²) in [7, 11) is 0. The van der Waals surface area contributed by atoms with E-state index in [2.05, 4.69) is 32.0 Å². The van der Waals surface area contributed by atoms with Gasteiger partial charge in [-0.15, -0.1) is 13.2 Å². The highest BCUT2D eigenvalue weighted by Gasteiger charge is 2.53.